The third-order valence-electron chi connectivity index (χ3n) is 4.20. The van der Waals surface area contributed by atoms with Gasteiger partial charge in [-0.3, -0.25) is 5.43 Å². The lowest BCUT2D eigenvalue weighted by molar-refractivity contribution is 0.206. The standard InChI is InChI=1S/C20H14Cl3N3O/c21-14-10-15(22)20(24-19(14)23)26-25-16-11-18(12-6-2-1-3-7-12)27-17-9-5-4-8-13(16)17/h1-10,18H,11H2,(H,24,26). The van der Waals surface area contributed by atoms with E-state index in [1.54, 1.807) is 0 Å². The van der Waals surface area contributed by atoms with Crippen molar-refractivity contribution < 1.29 is 4.74 Å². The van der Waals surface area contributed by atoms with E-state index in [2.05, 4.69) is 15.5 Å². The molecule has 1 N–H and O–H groups in total. The second kappa shape index (κ2) is 7.77. The molecule has 2 aromatic carbocycles. The molecule has 27 heavy (non-hydrogen) atoms. The van der Waals surface area contributed by atoms with Gasteiger partial charge < -0.3 is 4.74 Å². The van der Waals surface area contributed by atoms with E-state index in [-0.39, 0.29) is 11.3 Å². The van der Waals surface area contributed by atoms with E-state index in [9.17, 15) is 0 Å². The maximum Gasteiger partial charge on any atom is 0.166 e. The average Bonchev–Trinajstić information content (AvgIpc) is 2.70. The van der Waals surface area contributed by atoms with Crippen LogP contribution in [-0.4, -0.2) is 10.7 Å². The number of hydrazone groups is 1. The van der Waals surface area contributed by atoms with Crippen LogP contribution in [0.3, 0.4) is 0 Å². The number of hydrogen-bond acceptors (Lipinski definition) is 4. The van der Waals surface area contributed by atoms with Crippen molar-refractivity contribution in [1.29, 1.82) is 0 Å². The molecule has 4 rings (SSSR count). The Morgan fingerprint density at radius 2 is 1.70 bits per heavy atom. The van der Waals surface area contributed by atoms with Crippen molar-refractivity contribution in [3.63, 3.8) is 0 Å². The number of pyridine rings is 1. The number of aromatic nitrogens is 1. The Labute approximate surface area is 171 Å². The molecule has 2 heterocycles. The fourth-order valence-corrected chi connectivity index (χ4v) is 3.43. The minimum atomic E-state index is -0.126. The summed E-state index contributed by atoms with van der Waals surface area (Å²) >= 11 is 18.1. The highest BCUT2D eigenvalue weighted by atomic mass is 35.5. The van der Waals surface area contributed by atoms with Crippen molar-refractivity contribution in [2.45, 2.75) is 12.5 Å². The summed E-state index contributed by atoms with van der Waals surface area (Å²) in [6, 6.07) is 19.4. The average molecular weight is 419 g/mol. The summed E-state index contributed by atoms with van der Waals surface area (Å²) in [4.78, 5) is 4.14. The zero-order chi connectivity index (χ0) is 18.8. The first kappa shape index (κ1) is 18.1. The van der Waals surface area contributed by atoms with E-state index in [1.165, 1.54) is 6.07 Å². The minimum absolute atomic E-state index is 0.126. The van der Waals surface area contributed by atoms with Gasteiger partial charge in [0.15, 0.2) is 5.82 Å². The first-order valence-corrected chi connectivity index (χ1v) is 9.40. The van der Waals surface area contributed by atoms with Crippen LogP contribution < -0.4 is 10.2 Å². The van der Waals surface area contributed by atoms with Crippen molar-refractivity contribution in [1.82, 2.24) is 4.98 Å². The lowest BCUT2D eigenvalue weighted by atomic mass is 9.96. The SMILES string of the molecule is Clc1cc(Cl)c(NN=C2CC(c3ccccc3)Oc3ccccc32)nc1Cl. The summed E-state index contributed by atoms with van der Waals surface area (Å²) in [6.07, 6.45) is 0.478. The molecule has 0 saturated carbocycles. The van der Waals surface area contributed by atoms with Gasteiger partial charge in [-0.05, 0) is 23.8 Å². The molecule has 1 aromatic heterocycles. The number of para-hydroxylation sites is 1. The van der Waals surface area contributed by atoms with E-state index < -0.39 is 0 Å². The Kier molecular flexibility index (Phi) is 5.21. The van der Waals surface area contributed by atoms with Gasteiger partial charge in [0.1, 0.15) is 17.0 Å². The maximum absolute atomic E-state index is 6.18. The first-order chi connectivity index (χ1) is 13.1. The smallest absolute Gasteiger partial charge is 0.166 e. The number of halogens is 3. The molecule has 7 heteroatoms. The Balaban J connectivity index is 1.68. The third kappa shape index (κ3) is 3.88. The van der Waals surface area contributed by atoms with E-state index in [4.69, 9.17) is 39.5 Å². The van der Waals surface area contributed by atoms with Crippen LogP contribution in [-0.2, 0) is 0 Å². The predicted molar refractivity (Wildman–Crippen MR) is 110 cm³/mol. The van der Waals surface area contributed by atoms with Gasteiger partial charge in [0.25, 0.3) is 0 Å². The highest BCUT2D eigenvalue weighted by molar-refractivity contribution is 6.42. The van der Waals surface area contributed by atoms with E-state index in [1.807, 2.05) is 54.6 Å². The molecular formula is C20H14Cl3N3O. The van der Waals surface area contributed by atoms with Crippen LogP contribution in [0.1, 0.15) is 23.7 Å². The van der Waals surface area contributed by atoms with E-state index in [0.29, 0.717) is 22.3 Å². The third-order valence-corrected chi connectivity index (χ3v) is 5.16. The molecule has 1 atom stereocenters. The first-order valence-electron chi connectivity index (χ1n) is 8.27. The number of nitrogens with zero attached hydrogens (tertiary/aromatic N) is 2. The molecule has 1 aliphatic rings. The van der Waals surface area contributed by atoms with E-state index in [0.717, 1.165) is 22.6 Å². The quantitative estimate of drug-likeness (QED) is 0.396. The molecule has 0 aliphatic carbocycles. The van der Waals surface area contributed by atoms with Crippen molar-refractivity contribution in [2.24, 2.45) is 5.10 Å². The van der Waals surface area contributed by atoms with Gasteiger partial charge in [-0.2, -0.15) is 5.10 Å². The Morgan fingerprint density at radius 1 is 0.963 bits per heavy atom. The van der Waals surface area contributed by atoms with Crippen LogP contribution in [0.15, 0.2) is 65.8 Å². The van der Waals surface area contributed by atoms with E-state index >= 15 is 0 Å². The van der Waals surface area contributed by atoms with Crippen LogP contribution in [0.25, 0.3) is 0 Å². The zero-order valence-corrected chi connectivity index (χ0v) is 16.3. The van der Waals surface area contributed by atoms with Crippen molar-refractivity contribution in [3.8, 4) is 5.75 Å². The number of fused-ring (bicyclic) bond motifs is 1. The normalized spacial score (nSPS) is 17.3. The van der Waals surface area contributed by atoms with Gasteiger partial charge in [-0.1, -0.05) is 77.3 Å². The molecule has 0 fully saturated rings. The summed E-state index contributed by atoms with van der Waals surface area (Å²) in [5, 5.41) is 5.34. The molecule has 3 aromatic rings. The summed E-state index contributed by atoms with van der Waals surface area (Å²) in [7, 11) is 0. The van der Waals surface area contributed by atoms with Crippen LogP contribution in [0, 0.1) is 0 Å². The molecule has 1 aliphatic heterocycles. The van der Waals surface area contributed by atoms with Crippen LogP contribution in [0.4, 0.5) is 5.82 Å². The highest BCUT2D eigenvalue weighted by Gasteiger charge is 2.26. The molecule has 1 unspecified atom stereocenters. The summed E-state index contributed by atoms with van der Waals surface area (Å²) in [6.45, 7) is 0. The number of benzene rings is 2. The lowest BCUT2D eigenvalue weighted by Gasteiger charge is -2.27. The van der Waals surface area contributed by atoms with Gasteiger partial charge in [0, 0.05) is 12.0 Å². The number of ether oxygens (including phenoxy) is 1. The maximum atomic E-state index is 6.18. The molecule has 4 nitrogen and oxygen atoms in total. The van der Waals surface area contributed by atoms with Gasteiger partial charge in [0.2, 0.25) is 0 Å². The summed E-state index contributed by atoms with van der Waals surface area (Å²) in [5.74, 6) is 1.13. The Hall–Kier alpha value is -2.27. The van der Waals surface area contributed by atoms with Crippen LogP contribution in [0.5, 0.6) is 5.75 Å². The fraction of sp³-hybridized carbons (Fsp3) is 0.100. The molecule has 0 radical (unpaired) electrons. The van der Waals surface area contributed by atoms with Crippen molar-refractivity contribution in [3.05, 3.63) is 87.0 Å². The zero-order valence-electron chi connectivity index (χ0n) is 14.0. The second-order valence-electron chi connectivity index (χ2n) is 5.98. The van der Waals surface area contributed by atoms with Crippen LogP contribution in [0.2, 0.25) is 15.2 Å². The van der Waals surface area contributed by atoms with Gasteiger partial charge in [-0.15, -0.1) is 0 Å². The predicted octanol–water partition coefficient (Wildman–Crippen LogP) is 6.38. The fourth-order valence-electron chi connectivity index (χ4n) is 2.89. The second-order valence-corrected chi connectivity index (χ2v) is 7.15. The van der Waals surface area contributed by atoms with Crippen LogP contribution >= 0.6 is 34.8 Å². The molecule has 0 saturated heterocycles. The Bertz CT molecular complexity index is 1010. The minimum Gasteiger partial charge on any atom is -0.485 e. The summed E-state index contributed by atoms with van der Waals surface area (Å²) in [5.41, 5.74) is 5.76. The molecule has 0 bridgehead atoms. The number of rotatable bonds is 3. The number of anilines is 1. The van der Waals surface area contributed by atoms with Gasteiger partial charge >= 0.3 is 0 Å². The van der Waals surface area contributed by atoms with Crippen molar-refractivity contribution >= 4 is 46.3 Å². The van der Waals surface area contributed by atoms with Gasteiger partial charge in [-0.25, -0.2) is 4.98 Å². The Morgan fingerprint density at radius 3 is 2.52 bits per heavy atom. The largest absolute Gasteiger partial charge is 0.485 e. The van der Waals surface area contributed by atoms with Crippen molar-refractivity contribution in [2.75, 3.05) is 5.43 Å². The molecular weight excluding hydrogens is 405 g/mol. The molecule has 136 valence electrons. The number of hydrogen-bond donors (Lipinski definition) is 1. The number of nitrogens with one attached hydrogen (secondary N) is 1. The van der Waals surface area contributed by atoms with Gasteiger partial charge in [0.05, 0.1) is 15.8 Å². The topological polar surface area (TPSA) is 46.5 Å². The molecule has 0 spiro atoms. The monoisotopic (exact) mass is 417 g/mol. The summed E-state index contributed by atoms with van der Waals surface area (Å²) < 4.78 is 6.17. The highest BCUT2D eigenvalue weighted by Crippen LogP contribution is 2.35. The lowest BCUT2D eigenvalue weighted by Crippen LogP contribution is -2.21. The molecule has 0 amide bonds.